The van der Waals surface area contributed by atoms with Crippen molar-refractivity contribution in [1.82, 2.24) is 19.9 Å². The van der Waals surface area contributed by atoms with E-state index < -0.39 is 0 Å². The first-order valence-electron chi connectivity index (χ1n) is 11.3. The van der Waals surface area contributed by atoms with E-state index in [0.29, 0.717) is 11.6 Å². The van der Waals surface area contributed by atoms with Crippen LogP contribution < -0.4 is 10.1 Å². The van der Waals surface area contributed by atoms with Crippen LogP contribution in [-0.4, -0.2) is 58.3 Å². The number of nitrogens with one attached hydrogen (secondary N) is 1. The number of piperidine rings is 1. The minimum absolute atomic E-state index is 0.218. The summed E-state index contributed by atoms with van der Waals surface area (Å²) in [5, 5.41) is 5.16. The molecule has 0 saturated carbocycles. The maximum Gasteiger partial charge on any atom is 0.145 e. The molecule has 7 nitrogen and oxygen atoms in total. The van der Waals surface area contributed by atoms with Gasteiger partial charge in [-0.1, -0.05) is 11.6 Å². The summed E-state index contributed by atoms with van der Waals surface area (Å²) in [7, 11) is 0. The van der Waals surface area contributed by atoms with E-state index >= 15 is 0 Å². The number of fused-ring (bicyclic) bond motifs is 1. The van der Waals surface area contributed by atoms with Gasteiger partial charge in [-0.05, 0) is 56.0 Å². The Hall–Kier alpha value is -2.48. The second kappa shape index (κ2) is 9.98. The van der Waals surface area contributed by atoms with Crippen molar-refractivity contribution >= 4 is 28.3 Å². The molecule has 2 aliphatic heterocycles. The number of hydrogen-bond acceptors (Lipinski definition) is 7. The molecule has 2 aliphatic rings. The van der Waals surface area contributed by atoms with Crippen molar-refractivity contribution in [3.63, 3.8) is 0 Å². The Morgan fingerprint density at radius 3 is 2.84 bits per heavy atom. The summed E-state index contributed by atoms with van der Waals surface area (Å²) in [5.41, 5.74) is 0.868. The highest BCUT2D eigenvalue weighted by molar-refractivity contribution is 6.31. The number of aromatic nitrogens is 3. The van der Waals surface area contributed by atoms with E-state index in [2.05, 4.69) is 15.2 Å². The molecule has 0 radical (unpaired) electrons. The summed E-state index contributed by atoms with van der Waals surface area (Å²) in [6.45, 7) is 4.20. The third-order valence-corrected chi connectivity index (χ3v) is 6.30. The number of hydrogen-bond donors (Lipinski definition) is 1. The van der Waals surface area contributed by atoms with Crippen LogP contribution in [0.2, 0.25) is 5.02 Å². The van der Waals surface area contributed by atoms with Crippen molar-refractivity contribution in [1.29, 1.82) is 0 Å². The topological polar surface area (TPSA) is 72.4 Å². The first-order chi connectivity index (χ1) is 15.7. The van der Waals surface area contributed by atoms with Gasteiger partial charge in [-0.15, -0.1) is 0 Å². The molecular weight excluding hydrogens is 426 g/mol. The Bertz CT molecular complexity index is 1040. The first-order valence-corrected chi connectivity index (χ1v) is 11.7. The van der Waals surface area contributed by atoms with E-state index in [0.717, 1.165) is 80.2 Å². The Labute approximate surface area is 193 Å². The molecule has 1 aromatic carbocycles. The third kappa shape index (κ3) is 5.28. The molecule has 5 rings (SSSR count). The van der Waals surface area contributed by atoms with Crippen molar-refractivity contribution in [3.8, 4) is 5.75 Å². The predicted molar refractivity (Wildman–Crippen MR) is 125 cm³/mol. The molecule has 2 fully saturated rings. The molecule has 2 saturated heterocycles. The number of rotatable bonds is 7. The van der Waals surface area contributed by atoms with E-state index in [1.165, 1.54) is 0 Å². The summed E-state index contributed by atoms with van der Waals surface area (Å²) in [4.78, 5) is 16.2. The van der Waals surface area contributed by atoms with Crippen LogP contribution in [0.4, 0.5) is 5.82 Å². The lowest BCUT2D eigenvalue weighted by Crippen LogP contribution is -2.38. The third-order valence-electron chi connectivity index (χ3n) is 6.06. The van der Waals surface area contributed by atoms with Gasteiger partial charge in [-0.2, -0.15) is 0 Å². The standard InChI is InChI=1S/C24H28ClN5O2/c25-17-5-6-21-22(13-17)28-23(29-24(21)27-15-19-4-2-12-31-19)16-30-10-7-18(8-11-30)32-20-3-1-9-26-14-20/h1,3,5-6,9,13-14,18-19H,2,4,7-8,10-12,15-16H2,(H,27,28,29). The van der Waals surface area contributed by atoms with Crippen LogP contribution in [0, 0.1) is 0 Å². The Morgan fingerprint density at radius 1 is 1.16 bits per heavy atom. The van der Waals surface area contributed by atoms with E-state index in [1.807, 2.05) is 30.3 Å². The van der Waals surface area contributed by atoms with E-state index in [-0.39, 0.29) is 12.2 Å². The SMILES string of the molecule is Clc1ccc2c(NCC3CCCO3)nc(CN3CCC(Oc4cccnc4)CC3)nc2c1. The zero-order chi connectivity index (χ0) is 21.8. The Kier molecular flexibility index (Phi) is 6.67. The van der Waals surface area contributed by atoms with Crippen LogP contribution >= 0.6 is 11.6 Å². The van der Waals surface area contributed by atoms with Gasteiger partial charge in [0, 0.05) is 42.8 Å². The molecule has 32 heavy (non-hydrogen) atoms. The Morgan fingerprint density at radius 2 is 2.06 bits per heavy atom. The molecule has 2 aromatic heterocycles. The van der Waals surface area contributed by atoms with Gasteiger partial charge in [0.05, 0.1) is 24.4 Å². The fourth-order valence-corrected chi connectivity index (χ4v) is 4.53. The molecule has 0 spiro atoms. The van der Waals surface area contributed by atoms with Crippen LogP contribution in [0.5, 0.6) is 5.75 Å². The van der Waals surface area contributed by atoms with Crippen LogP contribution in [-0.2, 0) is 11.3 Å². The number of anilines is 1. The van der Waals surface area contributed by atoms with Crippen molar-refractivity contribution < 1.29 is 9.47 Å². The van der Waals surface area contributed by atoms with Gasteiger partial charge >= 0.3 is 0 Å². The van der Waals surface area contributed by atoms with Crippen LogP contribution in [0.15, 0.2) is 42.7 Å². The first kappa shape index (κ1) is 21.4. The van der Waals surface area contributed by atoms with Crippen LogP contribution in [0.25, 0.3) is 10.9 Å². The van der Waals surface area contributed by atoms with Gasteiger partial charge in [0.25, 0.3) is 0 Å². The monoisotopic (exact) mass is 453 g/mol. The van der Waals surface area contributed by atoms with Crippen molar-refractivity contribution in [3.05, 3.63) is 53.6 Å². The molecule has 1 atom stereocenters. The number of ether oxygens (including phenoxy) is 2. The minimum Gasteiger partial charge on any atom is -0.489 e. The average Bonchev–Trinajstić information content (AvgIpc) is 3.33. The normalized spacial score (nSPS) is 20.0. The van der Waals surface area contributed by atoms with E-state index in [9.17, 15) is 0 Å². The summed E-state index contributed by atoms with van der Waals surface area (Å²) < 4.78 is 11.8. The number of nitrogens with zero attached hydrogens (tertiary/aromatic N) is 4. The molecule has 1 N–H and O–H groups in total. The maximum absolute atomic E-state index is 6.25. The van der Waals surface area contributed by atoms with Gasteiger partial charge < -0.3 is 14.8 Å². The van der Waals surface area contributed by atoms with E-state index in [4.69, 9.17) is 31.0 Å². The molecule has 8 heteroatoms. The highest BCUT2D eigenvalue weighted by Gasteiger charge is 2.22. The second-order valence-corrected chi connectivity index (χ2v) is 8.88. The summed E-state index contributed by atoms with van der Waals surface area (Å²) in [6, 6.07) is 9.64. The van der Waals surface area contributed by atoms with Gasteiger partial charge in [0.15, 0.2) is 0 Å². The van der Waals surface area contributed by atoms with Gasteiger partial charge in [0.2, 0.25) is 0 Å². The smallest absolute Gasteiger partial charge is 0.145 e. The minimum atomic E-state index is 0.218. The number of pyridine rings is 1. The predicted octanol–water partition coefficient (Wildman–Crippen LogP) is 4.31. The number of likely N-dealkylation sites (tertiary alicyclic amines) is 1. The number of halogens is 1. The molecule has 1 unspecified atom stereocenters. The highest BCUT2D eigenvalue weighted by Crippen LogP contribution is 2.26. The molecule has 0 bridgehead atoms. The lowest BCUT2D eigenvalue weighted by atomic mass is 10.1. The van der Waals surface area contributed by atoms with Crippen LogP contribution in [0.3, 0.4) is 0 Å². The van der Waals surface area contributed by atoms with Gasteiger partial charge in [0.1, 0.15) is 23.5 Å². The molecule has 0 aliphatic carbocycles. The largest absolute Gasteiger partial charge is 0.489 e. The zero-order valence-electron chi connectivity index (χ0n) is 18.0. The van der Waals surface area contributed by atoms with Gasteiger partial charge in [-0.25, -0.2) is 9.97 Å². The molecule has 4 heterocycles. The lowest BCUT2D eigenvalue weighted by Gasteiger charge is -2.31. The lowest BCUT2D eigenvalue weighted by molar-refractivity contribution is 0.0951. The number of benzene rings is 1. The fourth-order valence-electron chi connectivity index (χ4n) is 4.37. The highest BCUT2D eigenvalue weighted by atomic mass is 35.5. The van der Waals surface area contributed by atoms with Crippen molar-refractivity contribution in [2.24, 2.45) is 0 Å². The molecular formula is C24H28ClN5O2. The molecule has 3 aromatic rings. The fraction of sp³-hybridized carbons (Fsp3) is 0.458. The second-order valence-electron chi connectivity index (χ2n) is 8.45. The summed E-state index contributed by atoms with van der Waals surface area (Å²) in [6.07, 6.45) is 8.15. The molecule has 168 valence electrons. The van der Waals surface area contributed by atoms with Gasteiger partial charge in [-0.3, -0.25) is 9.88 Å². The van der Waals surface area contributed by atoms with Crippen molar-refractivity contribution in [2.75, 3.05) is 31.6 Å². The maximum atomic E-state index is 6.25. The Balaban J connectivity index is 1.25. The van der Waals surface area contributed by atoms with Crippen molar-refractivity contribution in [2.45, 2.75) is 44.4 Å². The summed E-state index contributed by atoms with van der Waals surface area (Å²) in [5.74, 6) is 2.50. The molecule has 0 amide bonds. The zero-order valence-corrected chi connectivity index (χ0v) is 18.8. The average molecular weight is 454 g/mol. The van der Waals surface area contributed by atoms with Crippen LogP contribution in [0.1, 0.15) is 31.5 Å². The quantitative estimate of drug-likeness (QED) is 0.571. The van der Waals surface area contributed by atoms with E-state index in [1.54, 1.807) is 12.4 Å². The summed E-state index contributed by atoms with van der Waals surface area (Å²) >= 11 is 6.25.